The zero-order chi connectivity index (χ0) is 21.6. The van der Waals surface area contributed by atoms with Crippen molar-refractivity contribution in [3.8, 4) is 0 Å². The maximum atomic E-state index is 12.7. The normalized spacial score (nSPS) is 11.1. The van der Waals surface area contributed by atoms with Gasteiger partial charge in [-0.05, 0) is 36.2 Å². The van der Waals surface area contributed by atoms with E-state index in [-0.39, 0.29) is 17.7 Å². The molecule has 2 aromatic rings. The van der Waals surface area contributed by atoms with Gasteiger partial charge in [-0.2, -0.15) is 0 Å². The number of carbonyl (C=O) groups excluding carboxylic acids is 3. The highest BCUT2D eigenvalue weighted by Gasteiger charge is 2.21. The van der Waals surface area contributed by atoms with Crippen LogP contribution in [0.2, 0.25) is 0 Å². The molecule has 0 aromatic heterocycles. The predicted molar refractivity (Wildman–Crippen MR) is 116 cm³/mol. The zero-order valence-corrected chi connectivity index (χ0v) is 17.6. The van der Waals surface area contributed by atoms with E-state index < -0.39 is 5.41 Å². The average Bonchev–Trinajstić information content (AvgIpc) is 2.66. The molecule has 0 fully saturated rings. The van der Waals surface area contributed by atoms with Crippen molar-refractivity contribution in [2.45, 2.75) is 34.6 Å². The van der Waals surface area contributed by atoms with E-state index >= 15 is 0 Å². The molecule has 0 saturated carbocycles. The van der Waals surface area contributed by atoms with Crippen LogP contribution in [0.3, 0.4) is 0 Å². The van der Waals surface area contributed by atoms with Crippen molar-refractivity contribution in [3.05, 3.63) is 59.7 Å². The Bertz CT molecular complexity index is 898. The minimum absolute atomic E-state index is 0.137. The lowest BCUT2D eigenvalue weighted by Gasteiger charge is -2.18. The van der Waals surface area contributed by atoms with Gasteiger partial charge in [-0.3, -0.25) is 14.4 Å². The third kappa shape index (κ3) is 6.45. The summed E-state index contributed by atoms with van der Waals surface area (Å²) >= 11 is 0. The van der Waals surface area contributed by atoms with Gasteiger partial charge in [0.25, 0.3) is 11.8 Å². The summed E-state index contributed by atoms with van der Waals surface area (Å²) in [6.45, 7) is 10.0. The largest absolute Gasteiger partial charge is 0.352 e. The number of rotatable bonds is 6. The molecular formula is C23H29N3O3. The monoisotopic (exact) mass is 395 g/mol. The Kier molecular flexibility index (Phi) is 7.15. The van der Waals surface area contributed by atoms with Crippen molar-refractivity contribution in [2.24, 2.45) is 11.3 Å². The fraction of sp³-hybridized carbons (Fsp3) is 0.348. The van der Waals surface area contributed by atoms with Gasteiger partial charge in [0.05, 0.1) is 11.3 Å². The third-order valence-electron chi connectivity index (χ3n) is 4.15. The minimum atomic E-state index is -0.541. The van der Waals surface area contributed by atoms with Crippen molar-refractivity contribution < 1.29 is 14.4 Å². The summed E-state index contributed by atoms with van der Waals surface area (Å²) in [6.07, 6.45) is 0. The van der Waals surface area contributed by atoms with Gasteiger partial charge in [-0.15, -0.1) is 0 Å². The van der Waals surface area contributed by atoms with Crippen molar-refractivity contribution in [1.82, 2.24) is 5.32 Å². The molecule has 0 aliphatic rings. The second-order valence-electron chi connectivity index (χ2n) is 8.39. The van der Waals surface area contributed by atoms with E-state index in [0.29, 0.717) is 35.0 Å². The molecule has 0 saturated heterocycles. The van der Waals surface area contributed by atoms with E-state index in [0.717, 1.165) is 0 Å². The quantitative estimate of drug-likeness (QED) is 0.681. The highest BCUT2D eigenvalue weighted by atomic mass is 16.2. The smallest absolute Gasteiger partial charge is 0.255 e. The molecule has 0 unspecified atom stereocenters. The fourth-order valence-electron chi connectivity index (χ4n) is 2.43. The Morgan fingerprint density at radius 1 is 0.897 bits per heavy atom. The first-order valence-corrected chi connectivity index (χ1v) is 9.68. The molecule has 154 valence electrons. The lowest BCUT2D eigenvalue weighted by molar-refractivity contribution is -0.123. The Morgan fingerprint density at radius 3 is 2.24 bits per heavy atom. The number of benzene rings is 2. The lowest BCUT2D eigenvalue weighted by Crippen LogP contribution is -2.28. The standard InChI is InChI=1S/C23H29N3O3/c1-15(2)14-24-21(28)18-11-6-7-12-19(18)26-20(27)16-9-8-10-17(13-16)25-22(29)23(3,4)5/h6-13,15H,14H2,1-5H3,(H,24,28)(H,25,29)(H,26,27). The number of anilines is 2. The van der Waals surface area contributed by atoms with Crippen molar-refractivity contribution in [2.75, 3.05) is 17.2 Å². The number of hydrogen-bond donors (Lipinski definition) is 3. The SMILES string of the molecule is CC(C)CNC(=O)c1ccccc1NC(=O)c1cccc(NC(=O)C(C)(C)C)c1. The molecule has 3 amide bonds. The highest BCUT2D eigenvalue weighted by Crippen LogP contribution is 2.20. The molecule has 0 aliphatic heterocycles. The van der Waals surface area contributed by atoms with Gasteiger partial charge in [-0.25, -0.2) is 0 Å². The number of hydrogen-bond acceptors (Lipinski definition) is 3. The molecule has 29 heavy (non-hydrogen) atoms. The van der Waals surface area contributed by atoms with E-state index in [1.165, 1.54) is 0 Å². The van der Waals surface area contributed by atoms with Crippen LogP contribution < -0.4 is 16.0 Å². The number of nitrogens with one attached hydrogen (secondary N) is 3. The first-order chi connectivity index (χ1) is 13.6. The van der Waals surface area contributed by atoms with E-state index in [9.17, 15) is 14.4 Å². The topological polar surface area (TPSA) is 87.3 Å². The lowest BCUT2D eigenvalue weighted by atomic mass is 9.95. The second-order valence-corrected chi connectivity index (χ2v) is 8.39. The summed E-state index contributed by atoms with van der Waals surface area (Å²) in [5, 5.41) is 8.47. The summed E-state index contributed by atoms with van der Waals surface area (Å²) in [5.41, 5.74) is 1.22. The molecule has 0 heterocycles. The van der Waals surface area contributed by atoms with Crippen molar-refractivity contribution in [1.29, 1.82) is 0 Å². The Balaban J connectivity index is 2.16. The summed E-state index contributed by atoms with van der Waals surface area (Å²) < 4.78 is 0. The van der Waals surface area contributed by atoms with Crippen LogP contribution in [0.5, 0.6) is 0 Å². The fourth-order valence-corrected chi connectivity index (χ4v) is 2.43. The molecule has 0 radical (unpaired) electrons. The van der Waals surface area contributed by atoms with Crippen LogP contribution in [-0.4, -0.2) is 24.3 Å². The molecular weight excluding hydrogens is 366 g/mol. The van der Waals surface area contributed by atoms with Gasteiger partial charge >= 0.3 is 0 Å². The van der Waals surface area contributed by atoms with Crippen LogP contribution in [0.4, 0.5) is 11.4 Å². The van der Waals surface area contributed by atoms with E-state index in [1.54, 1.807) is 48.5 Å². The van der Waals surface area contributed by atoms with Crippen LogP contribution in [0.25, 0.3) is 0 Å². The summed E-state index contributed by atoms with van der Waals surface area (Å²) in [6, 6.07) is 13.6. The van der Waals surface area contributed by atoms with Gasteiger partial charge in [0.15, 0.2) is 0 Å². The first kappa shape index (κ1) is 22.1. The van der Waals surface area contributed by atoms with Crippen LogP contribution in [0.15, 0.2) is 48.5 Å². The van der Waals surface area contributed by atoms with Gasteiger partial charge in [-0.1, -0.05) is 52.8 Å². The third-order valence-corrected chi connectivity index (χ3v) is 4.15. The molecule has 6 nitrogen and oxygen atoms in total. The van der Waals surface area contributed by atoms with Gasteiger partial charge in [0.1, 0.15) is 0 Å². The molecule has 0 bridgehead atoms. The summed E-state index contributed by atoms with van der Waals surface area (Å²) in [7, 11) is 0. The molecule has 0 atom stereocenters. The van der Waals surface area contributed by atoms with Crippen LogP contribution in [-0.2, 0) is 4.79 Å². The predicted octanol–water partition coefficient (Wildman–Crippen LogP) is 4.31. The van der Waals surface area contributed by atoms with Crippen molar-refractivity contribution >= 4 is 29.1 Å². The van der Waals surface area contributed by atoms with Crippen LogP contribution in [0, 0.1) is 11.3 Å². The van der Waals surface area contributed by atoms with E-state index in [2.05, 4.69) is 16.0 Å². The maximum Gasteiger partial charge on any atom is 0.255 e. The average molecular weight is 396 g/mol. The molecule has 3 N–H and O–H groups in total. The first-order valence-electron chi connectivity index (χ1n) is 9.68. The summed E-state index contributed by atoms with van der Waals surface area (Å²) in [4.78, 5) is 37.4. The van der Waals surface area contributed by atoms with Gasteiger partial charge < -0.3 is 16.0 Å². The molecule has 6 heteroatoms. The van der Waals surface area contributed by atoms with Gasteiger partial charge in [0.2, 0.25) is 5.91 Å². The number of carbonyl (C=O) groups is 3. The van der Waals surface area contributed by atoms with E-state index in [4.69, 9.17) is 0 Å². The molecule has 2 rings (SSSR count). The second kappa shape index (κ2) is 9.37. The Morgan fingerprint density at radius 2 is 1.59 bits per heavy atom. The molecule has 2 aromatic carbocycles. The maximum absolute atomic E-state index is 12.7. The van der Waals surface area contributed by atoms with Crippen molar-refractivity contribution in [3.63, 3.8) is 0 Å². The molecule has 0 aliphatic carbocycles. The number of para-hydroxylation sites is 1. The minimum Gasteiger partial charge on any atom is -0.352 e. The number of amides is 3. The highest BCUT2D eigenvalue weighted by molar-refractivity contribution is 6.09. The van der Waals surface area contributed by atoms with Crippen LogP contribution in [0.1, 0.15) is 55.3 Å². The summed E-state index contributed by atoms with van der Waals surface area (Å²) in [5.74, 6) is -0.407. The molecule has 0 spiro atoms. The Hall–Kier alpha value is -3.15. The van der Waals surface area contributed by atoms with E-state index in [1.807, 2.05) is 34.6 Å². The Labute approximate surface area is 172 Å². The van der Waals surface area contributed by atoms with Crippen LogP contribution >= 0.6 is 0 Å². The van der Waals surface area contributed by atoms with Gasteiger partial charge in [0, 0.05) is 23.2 Å². The zero-order valence-electron chi connectivity index (χ0n) is 17.6.